The number of hydrogen-bond acceptors (Lipinski definition) is 4. The van der Waals surface area contributed by atoms with E-state index in [1.807, 2.05) is 17.0 Å². The zero-order valence-electron chi connectivity index (χ0n) is 18.9. The molecule has 0 unspecified atom stereocenters. The third kappa shape index (κ3) is 5.36. The first kappa shape index (κ1) is 21.6. The Bertz CT molecular complexity index is 668. The Hall–Kier alpha value is -1.59. The summed E-state index contributed by atoms with van der Waals surface area (Å²) in [6, 6.07) is 8.92. The Morgan fingerprint density at radius 2 is 1.40 bits per heavy atom. The van der Waals surface area contributed by atoms with Crippen LogP contribution in [0.1, 0.15) is 69.2 Å². The van der Waals surface area contributed by atoms with Gasteiger partial charge in [0.05, 0.1) is 12.2 Å². The molecule has 0 aromatic heterocycles. The van der Waals surface area contributed by atoms with Crippen LogP contribution in [0.3, 0.4) is 0 Å². The SMILES string of the molecule is CC(C)N1CCC(OC2CCN(c3ccc(C(=O)N4CCCCC4)cc3)CC2)CC1. The molecule has 4 rings (SSSR count). The summed E-state index contributed by atoms with van der Waals surface area (Å²) in [6.45, 7) is 10.8. The van der Waals surface area contributed by atoms with Crippen molar-refractivity contribution >= 4 is 11.6 Å². The molecule has 3 heterocycles. The second kappa shape index (κ2) is 10.1. The van der Waals surface area contributed by atoms with Crippen molar-refractivity contribution in [3.05, 3.63) is 29.8 Å². The first-order valence-corrected chi connectivity index (χ1v) is 12.1. The number of rotatable bonds is 5. The predicted octanol–water partition coefficient (Wildman–Crippen LogP) is 4.17. The number of ether oxygens (including phenoxy) is 1. The molecule has 3 aliphatic rings. The topological polar surface area (TPSA) is 36.0 Å². The van der Waals surface area contributed by atoms with Gasteiger partial charge in [-0.1, -0.05) is 0 Å². The van der Waals surface area contributed by atoms with Crippen LogP contribution in [0.15, 0.2) is 24.3 Å². The van der Waals surface area contributed by atoms with E-state index in [2.05, 4.69) is 35.8 Å². The van der Waals surface area contributed by atoms with E-state index in [-0.39, 0.29) is 5.91 Å². The van der Waals surface area contributed by atoms with E-state index in [4.69, 9.17) is 4.74 Å². The second-order valence-corrected chi connectivity index (χ2v) is 9.55. The van der Waals surface area contributed by atoms with Gasteiger partial charge in [-0.25, -0.2) is 0 Å². The molecule has 0 N–H and O–H groups in total. The maximum atomic E-state index is 12.7. The molecule has 3 aliphatic heterocycles. The Morgan fingerprint density at radius 3 is 1.97 bits per heavy atom. The van der Waals surface area contributed by atoms with Crippen molar-refractivity contribution in [2.24, 2.45) is 0 Å². The van der Waals surface area contributed by atoms with Crippen molar-refractivity contribution < 1.29 is 9.53 Å². The zero-order chi connectivity index (χ0) is 20.9. The van der Waals surface area contributed by atoms with Gasteiger partial charge in [-0.2, -0.15) is 0 Å². The Labute approximate surface area is 182 Å². The molecule has 1 aromatic carbocycles. The number of anilines is 1. The highest BCUT2D eigenvalue weighted by Gasteiger charge is 2.27. The summed E-state index contributed by atoms with van der Waals surface area (Å²) < 4.78 is 6.46. The third-order valence-corrected chi connectivity index (χ3v) is 7.16. The summed E-state index contributed by atoms with van der Waals surface area (Å²) in [5, 5.41) is 0. The van der Waals surface area contributed by atoms with Crippen LogP contribution in [0.2, 0.25) is 0 Å². The normalized spacial score (nSPS) is 22.6. The number of carbonyl (C=O) groups excluding carboxylic acids is 1. The van der Waals surface area contributed by atoms with Crippen molar-refractivity contribution in [3.8, 4) is 0 Å². The van der Waals surface area contributed by atoms with Gasteiger partial charge in [0.2, 0.25) is 0 Å². The number of amides is 1. The smallest absolute Gasteiger partial charge is 0.253 e. The van der Waals surface area contributed by atoms with Crippen LogP contribution in [0, 0.1) is 0 Å². The molecule has 30 heavy (non-hydrogen) atoms. The number of benzene rings is 1. The molecule has 5 heteroatoms. The number of carbonyl (C=O) groups is 1. The summed E-state index contributed by atoms with van der Waals surface area (Å²) in [4.78, 5) is 19.7. The van der Waals surface area contributed by atoms with Crippen molar-refractivity contribution in [1.29, 1.82) is 0 Å². The first-order valence-electron chi connectivity index (χ1n) is 12.1. The van der Waals surface area contributed by atoms with Crippen molar-refractivity contribution in [1.82, 2.24) is 9.80 Å². The van der Waals surface area contributed by atoms with Gasteiger partial charge in [0.25, 0.3) is 5.91 Å². The maximum absolute atomic E-state index is 12.7. The van der Waals surface area contributed by atoms with Crippen LogP contribution >= 0.6 is 0 Å². The fourth-order valence-electron chi connectivity index (χ4n) is 5.14. The zero-order valence-corrected chi connectivity index (χ0v) is 18.9. The minimum absolute atomic E-state index is 0.192. The van der Waals surface area contributed by atoms with Gasteiger partial charge in [0.15, 0.2) is 0 Å². The lowest BCUT2D eigenvalue weighted by atomic mass is 10.0. The molecule has 0 aliphatic carbocycles. The minimum atomic E-state index is 0.192. The first-order chi connectivity index (χ1) is 14.6. The lowest BCUT2D eigenvalue weighted by molar-refractivity contribution is -0.0540. The monoisotopic (exact) mass is 413 g/mol. The maximum Gasteiger partial charge on any atom is 0.253 e. The largest absolute Gasteiger partial charge is 0.375 e. The average Bonchev–Trinajstić information content (AvgIpc) is 2.80. The highest BCUT2D eigenvalue weighted by Crippen LogP contribution is 2.25. The molecule has 0 radical (unpaired) electrons. The van der Waals surface area contributed by atoms with Crippen LogP contribution in [-0.4, -0.2) is 73.2 Å². The fraction of sp³-hybridized carbons (Fsp3) is 0.720. The van der Waals surface area contributed by atoms with Crippen LogP contribution in [0.25, 0.3) is 0 Å². The van der Waals surface area contributed by atoms with Gasteiger partial charge < -0.3 is 19.4 Å². The summed E-state index contributed by atoms with van der Waals surface area (Å²) in [5.74, 6) is 0.192. The molecule has 3 saturated heterocycles. The van der Waals surface area contributed by atoms with Gasteiger partial charge >= 0.3 is 0 Å². The molecule has 3 fully saturated rings. The van der Waals surface area contributed by atoms with Crippen molar-refractivity contribution in [3.63, 3.8) is 0 Å². The van der Waals surface area contributed by atoms with E-state index in [0.29, 0.717) is 18.2 Å². The predicted molar refractivity (Wildman–Crippen MR) is 122 cm³/mol. The van der Waals surface area contributed by atoms with Crippen LogP contribution in [0.4, 0.5) is 5.69 Å². The minimum Gasteiger partial charge on any atom is -0.375 e. The summed E-state index contributed by atoms with van der Waals surface area (Å²) >= 11 is 0. The average molecular weight is 414 g/mol. The number of likely N-dealkylation sites (tertiary alicyclic amines) is 2. The van der Waals surface area contributed by atoms with Crippen molar-refractivity contribution in [2.75, 3.05) is 44.2 Å². The number of piperidine rings is 3. The molecule has 166 valence electrons. The van der Waals surface area contributed by atoms with Gasteiger partial charge in [-0.15, -0.1) is 0 Å². The van der Waals surface area contributed by atoms with Gasteiger partial charge in [0, 0.05) is 56.6 Å². The summed E-state index contributed by atoms with van der Waals surface area (Å²) in [5.41, 5.74) is 2.06. The van der Waals surface area contributed by atoms with E-state index in [1.165, 1.54) is 38.0 Å². The van der Waals surface area contributed by atoms with Gasteiger partial charge in [0.1, 0.15) is 0 Å². The highest BCUT2D eigenvalue weighted by molar-refractivity contribution is 5.94. The van der Waals surface area contributed by atoms with Crippen LogP contribution in [0.5, 0.6) is 0 Å². The fourth-order valence-corrected chi connectivity index (χ4v) is 5.14. The summed E-state index contributed by atoms with van der Waals surface area (Å²) in [7, 11) is 0. The highest BCUT2D eigenvalue weighted by atomic mass is 16.5. The standard InChI is InChI=1S/C25H39N3O2/c1-20(2)26-16-10-23(11-17-26)30-24-12-18-27(19-13-24)22-8-6-21(7-9-22)25(29)28-14-4-3-5-15-28/h6-9,20,23-24H,3-5,10-19H2,1-2H3. The van der Waals surface area contributed by atoms with E-state index < -0.39 is 0 Å². The molecule has 5 nitrogen and oxygen atoms in total. The molecule has 1 aromatic rings. The molecule has 0 spiro atoms. The van der Waals surface area contributed by atoms with Gasteiger partial charge in [-0.05, 0) is 83.1 Å². The van der Waals surface area contributed by atoms with Crippen LogP contribution < -0.4 is 4.90 Å². The van der Waals surface area contributed by atoms with Crippen molar-refractivity contribution in [2.45, 2.75) is 77.0 Å². The van der Waals surface area contributed by atoms with E-state index in [9.17, 15) is 4.79 Å². The third-order valence-electron chi connectivity index (χ3n) is 7.16. The molecule has 1 amide bonds. The Kier molecular flexibility index (Phi) is 7.32. The summed E-state index contributed by atoms with van der Waals surface area (Å²) in [6.07, 6.45) is 8.90. The molecule has 0 atom stereocenters. The molecule has 0 saturated carbocycles. The Balaban J connectivity index is 1.23. The van der Waals surface area contributed by atoms with Gasteiger partial charge in [-0.3, -0.25) is 4.79 Å². The Morgan fingerprint density at radius 1 is 0.833 bits per heavy atom. The van der Waals surface area contributed by atoms with E-state index in [0.717, 1.165) is 57.4 Å². The van der Waals surface area contributed by atoms with Crippen LogP contribution in [-0.2, 0) is 4.74 Å². The quantitative estimate of drug-likeness (QED) is 0.726. The number of hydrogen-bond donors (Lipinski definition) is 0. The van der Waals surface area contributed by atoms with E-state index in [1.54, 1.807) is 0 Å². The van der Waals surface area contributed by atoms with E-state index >= 15 is 0 Å². The lowest BCUT2D eigenvalue weighted by Crippen LogP contribution is -2.43. The molecule has 0 bridgehead atoms. The molecular weight excluding hydrogens is 374 g/mol. The second-order valence-electron chi connectivity index (χ2n) is 9.55. The lowest BCUT2D eigenvalue weighted by Gasteiger charge is -2.38. The number of nitrogens with zero attached hydrogens (tertiary/aromatic N) is 3. The molecular formula is C25H39N3O2.